The Morgan fingerprint density at radius 1 is 0.613 bits per heavy atom. The van der Waals surface area contributed by atoms with E-state index in [2.05, 4.69) is 27.4 Å². The second-order valence-electron chi connectivity index (χ2n) is 9.63. The molecule has 0 saturated heterocycles. The molecule has 0 heterocycles. The Balaban J connectivity index is 4.84. The van der Waals surface area contributed by atoms with Crippen molar-refractivity contribution in [1.82, 2.24) is 0 Å². The summed E-state index contributed by atoms with van der Waals surface area (Å²) in [5.74, 6) is -0.0220. The number of ether oxygens (including phenoxy) is 1. The normalized spacial score (nSPS) is 11.6. The third kappa shape index (κ3) is 18.9. The van der Waals surface area contributed by atoms with Crippen molar-refractivity contribution in [3.8, 4) is 0 Å². The van der Waals surface area contributed by atoms with Crippen molar-refractivity contribution in [2.45, 2.75) is 136 Å². The van der Waals surface area contributed by atoms with Gasteiger partial charge in [-0.05, 0) is 38.5 Å². The van der Waals surface area contributed by atoms with Gasteiger partial charge in [0.25, 0.3) is 0 Å². The molecule has 0 aliphatic rings. The molecular weight excluding hydrogens is 399 g/mol. The van der Waals surface area contributed by atoms with Gasteiger partial charge in [0.1, 0.15) is 0 Å². The number of carbonyl (C=O) groups excluding carboxylic acids is 1. The summed E-state index contributed by atoms with van der Waals surface area (Å²) in [5.41, 5.74) is 0. The van der Waals surface area contributed by atoms with E-state index in [1.807, 2.05) is 0 Å². The van der Waals surface area contributed by atoms with Crippen LogP contribution in [-0.4, -0.2) is 30.6 Å². The van der Waals surface area contributed by atoms with Crippen LogP contribution in [0.4, 0.5) is 0 Å². The predicted molar refractivity (Wildman–Crippen MR) is 143 cm³/mol. The molecule has 0 aliphatic heterocycles. The first-order chi connectivity index (χ1) is 15.1. The van der Waals surface area contributed by atoms with Crippen molar-refractivity contribution >= 4 is 13.2 Å². The summed E-state index contributed by atoms with van der Waals surface area (Å²) in [7, 11) is -1.27. The van der Waals surface area contributed by atoms with Gasteiger partial charge < -0.3 is 4.74 Å². The molecule has 184 valence electrons. The summed E-state index contributed by atoms with van der Waals surface area (Å²) in [5, 5.41) is 0. The summed E-state index contributed by atoms with van der Waals surface area (Å²) in [6.45, 7) is 10.5. The topological polar surface area (TPSA) is 26.3 Å². The van der Waals surface area contributed by atoms with Gasteiger partial charge in [-0.1, -0.05) is 104 Å². The van der Waals surface area contributed by atoms with E-state index in [9.17, 15) is 4.79 Å². The van der Waals surface area contributed by atoms with E-state index >= 15 is 0 Å². The van der Waals surface area contributed by atoms with Gasteiger partial charge in [0, 0.05) is 7.26 Å². The maximum Gasteiger partial charge on any atom is 0.348 e. The highest BCUT2D eigenvalue weighted by atomic mass is 31.2. The number of carbonyl (C=O) groups is 1. The molecule has 31 heavy (non-hydrogen) atoms. The van der Waals surface area contributed by atoms with Crippen molar-refractivity contribution < 1.29 is 9.53 Å². The Bertz CT molecular complexity index is 367. The third-order valence-electron chi connectivity index (χ3n) is 6.64. The Kier molecular flexibility index (Phi) is 22.6. The number of rotatable bonds is 24. The van der Waals surface area contributed by atoms with Crippen molar-refractivity contribution in [3.63, 3.8) is 0 Å². The van der Waals surface area contributed by atoms with E-state index in [-0.39, 0.29) is 5.97 Å². The zero-order chi connectivity index (χ0) is 23.0. The lowest BCUT2D eigenvalue weighted by Gasteiger charge is -2.27. The van der Waals surface area contributed by atoms with Crippen LogP contribution < -0.4 is 0 Å². The van der Waals surface area contributed by atoms with Crippen LogP contribution >= 0.6 is 7.26 Å². The maximum atomic E-state index is 12.5. The summed E-state index contributed by atoms with van der Waals surface area (Å²) in [6.07, 6.45) is 30.1. The molecule has 0 aromatic carbocycles. The quantitative estimate of drug-likeness (QED) is 0.0626. The van der Waals surface area contributed by atoms with Crippen LogP contribution in [0.15, 0.2) is 12.8 Å². The van der Waals surface area contributed by atoms with Crippen LogP contribution in [0.3, 0.4) is 0 Å². The van der Waals surface area contributed by atoms with Gasteiger partial charge in [-0.25, -0.2) is 4.79 Å². The molecule has 0 atom stereocenters. The van der Waals surface area contributed by atoms with Crippen LogP contribution in [0, 0.1) is 0 Å². The number of esters is 1. The lowest BCUT2D eigenvalue weighted by atomic mass is 10.1. The number of hydrogen-bond donors (Lipinski definition) is 0. The molecule has 0 radical (unpaired) electrons. The fourth-order valence-electron chi connectivity index (χ4n) is 4.66. The molecule has 0 amide bonds. The lowest BCUT2D eigenvalue weighted by Crippen LogP contribution is -2.19. The van der Waals surface area contributed by atoms with Crippen LogP contribution in [0.25, 0.3) is 0 Å². The molecule has 0 spiro atoms. The zero-order valence-electron chi connectivity index (χ0n) is 21.6. The third-order valence-corrected chi connectivity index (χ3v) is 11.4. The first-order valence-electron chi connectivity index (χ1n) is 13.8. The molecule has 0 aromatic rings. The lowest BCUT2D eigenvalue weighted by molar-refractivity contribution is -0.135. The standard InChI is InChI=1S/C28H56O2P/c1-5-9-12-15-18-21-24-31(27-28(29)30-8-4,25-22-19-16-13-10-6-2)26-23-20-17-14-11-7-3/h8H,4-7,9-27H2,1-3H3/q+1. The van der Waals surface area contributed by atoms with Crippen LogP contribution in [0.1, 0.15) is 136 Å². The molecule has 0 saturated carbocycles. The van der Waals surface area contributed by atoms with E-state index in [1.54, 1.807) is 0 Å². The molecule has 0 bridgehead atoms. The minimum Gasteiger partial charge on any atom is -0.432 e. The molecule has 0 rings (SSSR count). The van der Waals surface area contributed by atoms with Crippen LogP contribution in [0.5, 0.6) is 0 Å². The van der Waals surface area contributed by atoms with Crippen molar-refractivity contribution in [2.24, 2.45) is 0 Å². The van der Waals surface area contributed by atoms with Crippen molar-refractivity contribution in [1.29, 1.82) is 0 Å². The van der Waals surface area contributed by atoms with Crippen LogP contribution in [-0.2, 0) is 9.53 Å². The van der Waals surface area contributed by atoms with E-state index in [1.165, 1.54) is 140 Å². The fourth-order valence-corrected chi connectivity index (χ4v) is 9.11. The Morgan fingerprint density at radius 3 is 1.26 bits per heavy atom. The molecule has 0 N–H and O–H groups in total. The van der Waals surface area contributed by atoms with Gasteiger partial charge in [-0.2, -0.15) is 0 Å². The summed E-state index contributed by atoms with van der Waals surface area (Å²) >= 11 is 0. The summed E-state index contributed by atoms with van der Waals surface area (Å²) < 4.78 is 5.23. The molecular formula is C28H56O2P+. The van der Waals surface area contributed by atoms with E-state index in [0.717, 1.165) is 0 Å². The van der Waals surface area contributed by atoms with Gasteiger partial charge in [-0.15, -0.1) is 0 Å². The van der Waals surface area contributed by atoms with E-state index < -0.39 is 7.26 Å². The van der Waals surface area contributed by atoms with Crippen molar-refractivity contribution in [2.75, 3.05) is 24.6 Å². The second kappa shape index (κ2) is 22.8. The molecule has 0 fully saturated rings. The van der Waals surface area contributed by atoms with Gasteiger partial charge in [0.2, 0.25) is 0 Å². The summed E-state index contributed by atoms with van der Waals surface area (Å²) in [6, 6.07) is 0. The Morgan fingerprint density at radius 2 is 0.935 bits per heavy atom. The molecule has 0 aliphatic carbocycles. The van der Waals surface area contributed by atoms with E-state index in [0.29, 0.717) is 6.16 Å². The fraction of sp³-hybridized carbons (Fsp3) is 0.893. The van der Waals surface area contributed by atoms with Crippen LogP contribution in [0.2, 0.25) is 0 Å². The Labute approximate surface area is 196 Å². The van der Waals surface area contributed by atoms with Crippen molar-refractivity contribution in [3.05, 3.63) is 12.8 Å². The monoisotopic (exact) mass is 455 g/mol. The van der Waals surface area contributed by atoms with E-state index in [4.69, 9.17) is 4.74 Å². The molecule has 2 nitrogen and oxygen atoms in total. The number of hydrogen-bond acceptors (Lipinski definition) is 2. The second-order valence-corrected chi connectivity index (χ2v) is 14.0. The zero-order valence-corrected chi connectivity index (χ0v) is 22.5. The predicted octanol–water partition coefficient (Wildman–Crippen LogP) is 9.77. The maximum absolute atomic E-state index is 12.5. The number of unbranched alkanes of at least 4 members (excludes halogenated alkanes) is 15. The largest absolute Gasteiger partial charge is 0.432 e. The highest BCUT2D eigenvalue weighted by Crippen LogP contribution is 2.61. The minimum atomic E-state index is -1.27. The highest BCUT2D eigenvalue weighted by Gasteiger charge is 2.38. The van der Waals surface area contributed by atoms with Gasteiger partial charge >= 0.3 is 5.97 Å². The molecule has 0 aromatic heterocycles. The smallest absolute Gasteiger partial charge is 0.348 e. The van der Waals surface area contributed by atoms with Gasteiger partial charge in [0.05, 0.1) is 24.7 Å². The molecule has 3 heteroatoms. The summed E-state index contributed by atoms with van der Waals surface area (Å²) in [4.78, 5) is 12.5. The first kappa shape index (κ1) is 30.6. The minimum absolute atomic E-state index is 0.0220. The SMILES string of the molecule is C=COC(=O)C[P+](CCCCCCCC)(CCCCCCCC)CCCCCCCC. The Hall–Kier alpha value is -0.360. The average molecular weight is 456 g/mol. The molecule has 0 unspecified atom stereocenters. The highest BCUT2D eigenvalue weighted by molar-refractivity contribution is 7.76. The first-order valence-corrected chi connectivity index (χ1v) is 16.3. The van der Waals surface area contributed by atoms with Gasteiger partial charge in [0.15, 0.2) is 6.16 Å². The van der Waals surface area contributed by atoms with Gasteiger partial charge in [-0.3, -0.25) is 0 Å². The average Bonchev–Trinajstić information content (AvgIpc) is 2.75.